The summed E-state index contributed by atoms with van der Waals surface area (Å²) in [4.78, 5) is 24.8. The Morgan fingerprint density at radius 2 is 1.96 bits per heavy atom. The van der Waals surface area contributed by atoms with E-state index in [-0.39, 0.29) is 17.3 Å². The summed E-state index contributed by atoms with van der Waals surface area (Å²) in [6, 6.07) is 13.7. The summed E-state index contributed by atoms with van der Waals surface area (Å²) in [6.45, 7) is 0. The quantitative estimate of drug-likeness (QED) is 0.535. The monoisotopic (exact) mass is 341 g/mol. The molecule has 1 saturated heterocycles. The highest BCUT2D eigenvalue weighted by molar-refractivity contribution is 8.00. The lowest BCUT2D eigenvalue weighted by Gasteiger charge is -2.21. The molecule has 0 saturated carbocycles. The molecule has 7 nitrogen and oxygen atoms in total. The number of thioether (sulfide) groups is 1. The van der Waals surface area contributed by atoms with E-state index < -0.39 is 10.3 Å². The molecule has 2 heterocycles. The van der Waals surface area contributed by atoms with Gasteiger partial charge in [0.1, 0.15) is 5.37 Å². The van der Waals surface area contributed by atoms with Crippen LogP contribution in [0.4, 0.5) is 11.5 Å². The minimum absolute atomic E-state index is 0.0116. The van der Waals surface area contributed by atoms with Gasteiger partial charge in [0.15, 0.2) is 11.4 Å². The van der Waals surface area contributed by atoms with Gasteiger partial charge >= 0.3 is 0 Å². The smallest absolute Gasteiger partial charge is 0.275 e. The van der Waals surface area contributed by atoms with Crippen LogP contribution in [-0.2, 0) is 4.79 Å². The fourth-order valence-corrected chi connectivity index (χ4v) is 3.98. The molecular formula is C16H11N3O4S. The van der Waals surface area contributed by atoms with E-state index >= 15 is 0 Å². The number of amides is 1. The zero-order valence-corrected chi connectivity index (χ0v) is 13.1. The van der Waals surface area contributed by atoms with Crippen molar-refractivity contribution in [2.45, 2.75) is 5.37 Å². The van der Waals surface area contributed by atoms with Crippen molar-refractivity contribution in [2.24, 2.45) is 0 Å². The number of nitrogens with zero attached hydrogens (tertiary/aromatic N) is 3. The summed E-state index contributed by atoms with van der Waals surface area (Å²) in [5, 5.41) is 15.5. The summed E-state index contributed by atoms with van der Waals surface area (Å²) in [7, 11) is 0. The maximum Gasteiger partial charge on any atom is 0.275 e. The molecule has 3 aromatic rings. The molecule has 4 rings (SSSR count). The summed E-state index contributed by atoms with van der Waals surface area (Å²) in [6.07, 6.45) is 0. The van der Waals surface area contributed by atoms with Gasteiger partial charge in [-0.1, -0.05) is 29.4 Å². The number of carbonyl (C=O) groups excluding carboxylic acids is 1. The zero-order chi connectivity index (χ0) is 16.7. The molecule has 1 unspecified atom stereocenters. The Balaban J connectivity index is 1.85. The molecule has 0 radical (unpaired) electrons. The number of hydrogen-bond donors (Lipinski definition) is 0. The lowest BCUT2D eigenvalue weighted by molar-refractivity contribution is -0.385. The summed E-state index contributed by atoms with van der Waals surface area (Å²) >= 11 is 1.34. The molecule has 0 spiro atoms. The summed E-state index contributed by atoms with van der Waals surface area (Å²) in [5.74, 6) is 0.476. The Morgan fingerprint density at radius 3 is 2.79 bits per heavy atom. The number of nitro benzene ring substituents is 1. The predicted molar refractivity (Wildman–Crippen MR) is 89.8 cm³/mol. The number of fused-ring (bicyclic) bond motifs is 1. The SMILES string of the molecule is O=C1CSC(c2ccccc2[N+](=O)[O-])N1c1noc2ccccc12. The molecule has 0 aliphatic carbocycles. The van der Waals surface area contributed by atoms with Gasteiger partial charge in [0.25, 0.3) is 5.69 Å². The van der Waals surface area contributed by atoms with E-state index in [1.54, 1.807) is 24.3 Å². The van der Waals surface area contributed by atoms with Gasteiger partial charge in [-0.2, -0.15) is 0 Å². The van der Waals surface area contributed by atoms with Crippen LogP contribution in [0.25, 0.3) is 11.0 Å². The third-order valence-corrected chi connectivity index (χ3v) is 5.05. The minimum atomic E-state index is -0.507. The number of benzene rings is 2. The van der Waals surface area contributed by atoms with E-state index in [0.717, 1.165) is 0 Å². The van der Waals surface area contributed by atoms with Gasteiger partial charge in [-0.15, -0.1) is 11.8 Å². The van der Waals surface area contributed by atoms with Crippen LogP contribution in [0.3, 0.4) is 0 Å². The highest BCUT2D eigenvalue weighted by Gasteiger charge is 2.39. The Kier molecular flexibility index (Phi) is 3.46. The van der Waals surface area contributed by atoms with Crippen molar-refractivity contribution in [3.63, 3.8) is 0 Å². The van der Waals surface area contributed by atoms with Crippen molar-refractivity contribution in [1.82, 2.24) is 5.16 Å². The molecule has 0 N–H and O–H groups in total. The lowest BCUT2D eigenvalue weighted by Crippen LogP contribution is -2.28. The molecule has 120 valence electrons. The first kappa shape index (κ1) is 14.7. The molecule has 24 heavy (non-hydrogen) atoms. The molecule has 1 aromatic heterocycles. The van der Waals surface area contributed by atoms with Gasteiger partial charge in [0.2, 0.25) is 5.91 Å². The molecule has 1 fully saturated rings. The van der Waals surface area contributed by atoms with Crippen LogP contribution in [0, 0.1) is 10.1 Å². The van der Waals surface area contributed by atoms with Gasteiger partial charge in [-0.3, -0.25) is 19.8 Å². The fourth-order valence-electron chi connectivity index (χ4n) is 2.79. The van der Waals surface area contributed by atoms with Crippen molar-refractivity contribution < 1.29 is 14.2 Å². The van der Waals surface area contributed by atoms with Crippen LogP contribution in [0.1, 0.15) is 10.9 Å². The average Bonchev–Trinajstić information content (AvgIpc) is 3.18. The molecule has 1 aliphatic heterocycles. The predicted octanol–water partition coefficient (Wildman–Crippen LogP) is 3.51. The van der Waals surface area contributed by atoms with Crippen molar-refractivity contribution in [3.05, 3.63) is 64.2 Å². The topological polar surface area (TPSA) is 89.5 Å². The van der Waals surface area contributed by atoms with E-state index in [1.807, 2.05) is 18.2 Å². The molecule has 1 atom stereocenters. The molecular weight excluding hydrogens is 330 g/mol. The zero-order valence-electron chi connectivity index (χ0n) is 12.3. The van der Waals surface area contributed by atoms with E-state index in [1.165, 1.54) is 22.7 Å². The van der Waals surface area contributed by atoms with Crippen molar-refractivity contribution in [3.8, 4) is 0 Å². The maximum atomic E-state index is 12.4. The van der Waals surface area contributed by atoms with Crippen LogP contribution in [-0.4, -0.2) is 21.7 Å². The van der Waals surface area contributed by atoms with Crippen molar-refractivity contribution >= 4 is 40.1 Å². The van der Waals surface area contributed by atoms with Gasteiger partial charge in [0.05, 0.1) is 21.6 Å². The van der Waals surface area contributed by atoms with Crippen LogP contribution in [0.15, 0.2) is 53.1 Å². The van der Waals surface area contributed by atoms with Gasteiger partial charge < -0.3 is 4.52 Å². The molecule has 1 amide bonds. The number of carbonyl (C=O) groups is 1. The number of anilines is 1. The first-order valence-electron chi connectivity index (χ1n) is 7.18. The van der Waals surface area contributed by atoms with Crippen LogP contribution in [0.5, 0.6) is 0 Å². The second-order valence-corrected chi connectivity index (χ2v) is 6.31. The van der Waals surface area contributed by atoms with E-state index in [0.29, 0.717) is 22.4 Å². The number of aromatic nitrogens is 1. The van der Waals surface area contributed by atoms with E-state index in [9.17, 15) is 14.9 Å². The van der Waals surface area contributed by atoms with E-state index in [4.69, 9.17) is 4.52 Å². The highest BCUT2D eigenvalue weighted by atomic mass is 32.2. The van der Waals surface area contributed by atoms with Crippen LogP contribution < -0.4 is 4.90 Å². The second kappa shape index (κ2) is 5.64. The number of rotatable bonds is 3. The summed E-state index contributed by atoms with van der Waals surface area (Å²) in [5.41, 5.74) is 1.03. The fraction of sp³-hybridized carbons (Fsp3) is 0.125. The highest BCUT2D eigenvalue weighted by Crippen LogP contribution is 2.45. The van der Waals surface area contributed by atoms with Gasteiger partial charge in [0, 0.05) is 6.07 Å². The molecule has 0 bridgehead atoms. The number of para-hydroxylation sites is 2. The Labute approximate surface area is 140 Å². The third-order valence-electron chi connectivity index (χ3n) is 3.85. The normalized spacial score (nSPS) is 17.6. The molecule has 8 heteroatoms. The first-order chi connectivity index (χ1) is 11.7. The van der Waals surface area contributed by atoms with Crippen LogP contribution in [0.2, 0.25) is 0 Å². The van der Waals surface area contributed by atoms with E-state index in [2.05, 4.69) is 5.16 Å². The van der Waals surface area contributed by atoms with Crippen molar-refractivity contribution in [1.29, 1.82) is 0 Å². The molecule has 1 aliphatic rings. The first-order valence-corrected chi connectivity index (χ1v) is 8.23. The number of hydrogen-bond acceptors (Lipinski definition) is 6. The Morgan fingerprint density at radius 1 is 1.21 bits per heavy atom. The molecule has 2 aromatic carbocycles. The Bertz CT molecular complexity index is 955. The van der Waals surface area contributed by atoms with Crippen LogP contribution >= 0.6 is 11.8 Å². The Hall–Kier alpha value is -2.87. The van der Waals surface area contributed by atoms with Gasteiger partial charge in [-0.25, -0.2) is 0 Å². The second-order valence-electron chi connectivity index (χ2n) is 5.25. The number of nitro groups is 1. The lowest BCUT2D eigenvalue weighted by atomic mass is 10.1. The minimum Gasteiger partial charge on any atom is -0.354 e. The van der Waals surface area contributed by atoms with Gasteiger partial charge in [-0.05, 0) is 18.2 Å². The maximum absolute atomic E-state index is 12.4. The average molecular weight is 341 g/mol. The largest absolute Gasteiger partial charge is 0.354 e. The van der Waals surface area contributed by atoms with Crippen molar-refractivity contribution in [2.75, 3.05) is 10.7 Å². The third kappa shape index (κ3) is 2.23. The summed E-state index contributed by atoms with van der Waals surface area (Å²) < 4.78 is 5.28. The standard InChI is InChI=1S/C16H11N3O4S/c20-14-9-24-16(10-5-1-3-7-12(10)19(21)22)18(14)15-11-6-2-4-8-13(11)23-17-15/h1-8,16H,9H2.